The van der Waals surface area contributed by atoms with Crippen molar-refractivity contribution >= 4 is 11.3 Å². The van der Waals surface area contributed by atoms with E-state index in [4.69, 9.17) is 4.74 Å². The van der Waals surface area contributed by atoms with E-state index in [0.717, 1.165) is 31.1 Å². The molecule has 0 amide bonds. The van der Waals surface area contributed by atoms with Gasteiger partial charge in [0.1, 0.15) is 11.1 Å². The Kier molecular flexibility index (Phi) is 5.95. The number of nitrogens with zero attached hydrogens (tertiary/aromatic N) is 1. The molecule has 3 nitrogen and oxygen atoms in total. The molecule has 0 radical (unpaired) electrons. The van der Waals surface area contributed by atoms with Gasteiger partial charge in [0.2, 0.25) is 0 Å². The maximum absolute atomic E-state index is 5.57. The van der Waals surface area contributed by atoms with E-state index >= 15 is 0 Å². The molecular formula is C12H22N2OS. The lowest BCUT2D eigenvalue weighted by Gasteiger charge is -2.06. The van der Waals surface area contributed by atoms with Crippen LogP contribution in [0.4, 0.5) is 0 Å². The average Bonchev–Trinajstić information content (AvgIpc) is 2.70. The van der Waals surface area contributed by atoms with Crippen LogP contribution >= 0.6 is 11.3 Å². The van der Waals surface area contributed by atoms with Crippen molar-refractivity contribution in [3.05, 3.63) is 15.6 Å². The van der Waals surface area contributed by atoms with Crippen LogP contribution in [0.2, 0.25) is 0 Å². The highest BCUT2D eigenvalue weighted by atomic mass is 32.1. The highest BCUT2D eigenvalue weighted by Crippen LogP contribution is 2.26. The van der Waals surface area contributed by atoms with Gasteiger partial charge >= 0.3 is 0 Å². The summed E-state index contributed by atoms with van der Waals surface area (Å²) in [5, 5.41) is 4.46. The van der Waals surface area contributed by atoms with E-state index in [9.17, 15) is 0 Å². The number of aryl methyl sites for hydroxylation is 1. The minimum Gasteiger partial charge on any atom is -0.372 e. The summed E-state index contributed by atoms with van der Waals surface area (Å²) in [5.74, 6) is 0. The molecule has 1 atom stereocenters. The molecule has 1 aromatic rings. The van der Waals surface area contributed by atoms with Crippen LogP contribution in [0.25, 0.3) is 0 Å². The summed E-state index contributed by atoms with van der Waals surface area (Å²) < 4.78 is 5.57. The molecule has 0 aromatic carbocycles. The summed E-state index contributed by atoms with van der Waals surface area (Å²) in [5.41, 5.74) is 1.22. The molecular weight excluding hydrogens is 220 g/mol. The van der Waals surface area contributed by atoms with Crippen LogP contribution < -0.4 is 5.32 Å². The SMILES string of the molecule is CCNCc1sc(C(C)OCC)nc1CC. The van der Waals surface area contributed by atoms with E-state index < -0.39 is 0 Å². The Hall–Kier alpha value is -0.450. The molecule has 1 rings (SSSR count). The van der Waals surface area contributed by atoms with Crippen molar-refractivity contribution in [2.24, 2.45) is 0 Å². The summed E-state index contributed by atoms with van der Waals surface area (Å²) in [6.45, 7) is 11.0. The van der Waals surface area contributed by atoms with Crippen molar-refractivity contribution < 1.29 is 4.74 Å². The maximum Gasteiger partial charge on any atom is 0.122 e. The molecule has 0 fully saturated rings. The Balaban J connectivity index is 2.76. The van der Waals surface area contributed by atoms with E-state index in [0.29, 0.717) is 0 Å². The van der Waals surface area contributed by atoms with Crippen molar-refractivity contribution in [3.8, 4) is 0 Å². The first kappa shape index (κ1) is 13.6. The number of hydrogen-bond acceptors (Lipinski definition) is 4. The van der Waals surface area contributed by atoms with E-state index in [1.54, 1.807) is 11.3 Å². The quantitative estimate of drug-likeness (QED) is 0.798. The summed E-state index contributed by atoms with van der Waals surface area (Å²) in [7, 11) is 0. The zero-order valence-electron chi connectivity index (χ0n) is 10.7. The fraction of sp³-hybridized carbons (Fsp3) is 0.750. The molecule has 4 heteroatoms. The second-order valence-electron chi connectivity index (χ2n) is 3.65. The lowest BCUT2D eigenvalue weighted by Crippen LogP contribution is -2.11. The number of nitrogens with one attached hydrogen (secondary N) is 1. The Labute approximate surface area is 102 Å². The molecule has 0 aliphatic rings. The normalized spacial score (nSPS) is 13.0. The predicted molar refractivity (Wildman–Crippen MR) is 68.9 cm³/mol. The van der Waals surface area contributed by atoms with Gasteiger partial charge in [-0.3, -0.25) is 0 Å². The van der Waals surface area contributed by atoms with Crippen LogP contribution in [-0.2, 0) is 17.7 Å². The second kappa shape index (κ2) is 6.99. The van der Waals surface area contributed by atoms with Crippen molar-refractivity contribution in [2.75, 3.05) is 13.2 Å². The van der Waals surface area contributed by atoms with Crippen LogP contribution in [0.15, 0.2) is 0 Å². The smallest absolute Gasteiger partial charge is 0.122 e. The van der Waals surface area contributed by atoms with Gasteiger partial charge in [0.05, 0.1) is 5.69 Å². The molecule has 0 aliphatic heterocycles. The standard InChI is InChI=1S/C12H22N2OS/c1-5-10-11(8-13-6-2)16-12(14-10)9(4)15-7-3/h9,13H,5-8H2,1-4H3. The van der Waals surface area contributed by atoms with Crippen molar-refractivity contribution in [1.82, 2.24) is 10.3 Å². The van der Waals surface area contributed by atoms with Crippen LogP contribution in [-0.4, -0.2) is 18.1 Å². The van der Waals surface area contributed by atoms with Gasteiger partial charge in [0.25, 0.3) is 0 Å². The van der Waals surface area contributed by atoms with Crippen molar-refractivity contribution in [3.63, 3.8) is 0 Å². The van der Waals surface area contributed by atoms with Gasteiger partial charge < -0.3 is 10.1 Å². The Morgan fingerprint density at radius 2 is 2.12 bits per heavy atom. The monoisotopic (exact) mass is 242 g/mol. The van der Waals surface area contributed by atoms with E-state index in [-0.39, 0.29) is 6.10 Å². The lowest BCUT2D eigenvalue weighted by molar-refractivity contribution is 0.0761. The molecule has 0 saturated carbocycles. The highest BCUT2D eigenvalue weighted by molar-refractivity contribution is 7.11. The van der Waals surface area contributed by atoms with Crippen LogP contribution in [0.3, 0.4) is 0 Å². The Morgan fingerprint density at radius 1 is 1.38 bits per heavy atom. The molecule has 92 valence electrons. The minimum atomic E-state index is 0.121. The zero-order valence-corrected chi connectivity index (χ0v) is 11.5. The third kappa shape index (κ3) is 3.54. The minimum absolute atomic E-state index is 0.121. The molecule has 16 heavy (non-hydrogen) atoms. The fourth-order valence-corrected chi connectivity index (χ4v) is 2.68. The molecule has 0 spiro atoms. The fourth-order valence-electron chi connectivity index (χ4n) is 1.55. The molecule has 1 unspecified atom stereocenters. The predicted octanol–water partition coefficient (Wildman–Crippen LogP) is 2.91. The molecule has 1 N–H and O–H groups in total. The van der Waals surface area contributed by atoms with Gasteiger partial charge in [-0.05, 0) is 26.8 Å². The number of rotatable bonds is 7. The summed E-state index contributed by atoms with van der Waals surface area (Å²) in [4.78, 5) is 6.01. The number of ether oxygens (including phenoxy) is 1. The van der Waals surface area contributed by atoms with Gasteiger partial charge in [-0.15, -0.1) is 11.3 Å². The van der Waals surface area contributed by atoms with Gasteiger partial charge in [-0.1, -0.05) is 13.8 Å². The second-order valence-corrected chi connectivity index (χ2v) is 4.77. The molecule has 0 aliphatic carbocycles. The lowest BCUT2D eigenvalue weighted by atomic mass is 10.3. The number of aromatic nitrogens is 1. The first-order chi connectivity index (χ1) is 7.72. The molecule has 1 heterocycles. The first-order valence-electron chi connectivity index (χ1n) is 6.03. The number of thiazole rings is 1. The van der Waals surface area contributed by atoms with Crippen molar-refractivity contribution in [1.29, 1.82) is 0 Å². The molecule has 0 bridgehead atoms. The zero-order chi connectivity index (χ0) is 12.0. The van der Waals surface area contributed by atoms with E-state index in [1.165, 1.54) is 10.6 Å². The maximum atomic E-state index is 5.57. The van der Waals surface area contributed by atoms with Gasteiger partial charge in [0.15, 0.2) is 0 Å². The van der Waals surface area contributed by atoms with Crippen LogP contribution in [0.5, 0.6) is 0 Å². The first-order valence-corrected chi connectivity index (χ1v) is 6.85. The largest absolute Gasteiger partial charge is 0.372 e. The third-order valence-corrected chi connectivity index (χ3v) is 3.69. The van der Waals surface area contributed by atoms with Crippen LogP contribution in [0, 0.1) is 0 Å². The van der Waals surface area contributed by atoms with Crippen LogP contribution in [0.1, 0.15) is 49.4 Å². The summed E-state index contributed by atoms with van der Waals surface area (Å²) >= 11 is 1.77. The highest BCUT2D eigenvalue weighted by Gasteiger charge is 2.14. The molecule has 0 saturated heterocycles. The van der Waals surface area contributed by atoms with E-state index in [2.05, 4.69) is 31.1 Å². The van der Waals surface area contributed by atoms with Crippen molar-refractivity contribution in [2.45, 2.75) is 46.8 Å². The summed E-state index contributed by atoms with van der Waals surface area (Å²) in [6.07, 6.45) is 1.12. The summed E-state index contributed by atoms with van der Waals surface area (Å²) in [6, 6.07) is 0. The number of hydrogen-bond donors (Lipinski definition) is 1. The van der Waals surface area contributed by atoms with Gasteiger partial charge in [-0.2, -0.15) is 0 Å². The van der Waals surface area contributed by atoms with Gasteiger partial charge in [-0.25, -0.2) is 4.98 Å². The van der Waals surface area contributed by atoms with Gasteiger partial charge in [0, 0.05) is 18.0 Å². The average molecular weight is 242 g/mol. The Bertz CT molecular complexity index is 312. The topological polar surface area (TPSA) is 34.1 Å². The molecule has 1 aromatic heterocycles. The Morgan fingerprint density at radius 3 is 2.69 bits per heavy atom. The third-order valence-electron chi connectivity index (χ3n) is 2.43. The van der Waals surface area contributed by atoms with E-state index in [1.807, 2.05) is 6.92 Å².